The number of thiol groups is 1. The van der Waals surface area contributed by atoms with Crippen molar-refractivity contribution >= 4 is 12.6 Å². The molecule has 0 unspecified atom stereocenters. The van der Waals surface area contributed by atoms with Crippen molar-refractivity contribution in [3.8, 4) is 12.3 Å². The average Bonchev–Trinajstić information content (AvgIpc) is 2.19. The SMILES string of the molecule is C#Cc1cc(CN)c(C)c(CS)c1C. The maximum Gasteiger partial charge on any atom is 0.0278 e. The summed E-state index contributed by atoms with van der Waals surface area (Å²) in [6.45, 7) is 4.64. The molecule has 0 fully saturated rings. The van der Waals surface area contributed by atoms with Crippen molar-refractivity contribution < 1.29 is 0 Å². The van der Waals surface area contributed by atoms with Gasteiger partial charge in [-0.25, -0.2) is 0 Å². The Hall–Kier alpha value is -0.910. The molecule has 0 spiro atoms. The van der Waals surface area contributed by atoms with Crippen molar-refractivity contribution in [2.75, 3.05) is 0 Å². The molecule has 14 heavy (non-hydrogen) atoms. The summed E-state index contributed by atoms with van der Waals surface area (Å²) >= 11 is 4.31. The third-order valence-electron chi connectivity index (χ3n) is 2.64. The van der Waals surface area contributed by atoms with E-state index in [0.29, 0.717) is 12.3 Å². The number of terminal acetylenes is 1. The molecule has 0 saturated heterocycles. The fourth-order valence-electron chi connectivity index (χ4n) is 1.63. The second-order valence-electron chi connectivity index (χ2n) is 3.32. The van der Waals surface area contributed by atoms with E-state index in [1.54, 1.807) is 0 Å². The highest BCUT2D eigenvalue weighted by molar-refractivity contribution is 7.79. The molecule has 1 aromatic carbocycles. The standard InChI is InChI=1S/C12H15NS/c1-4-10-5-11(6-13)9(3)12(7-14)8(10)2/h1,5,14H,6-7,13H2,2-3H3. The Balaban J connectivity index is 3.49. The van der Waals surface area contributed by atoms with Gasteiger partial charge in [-0.3, -0.25) is 0 Å². The van der Waals surface area contributed by atoms with Crippen molar-refractivity contribution in [3.05, 3.63) is 33.9 Å². The molecule has 2 N–H and O–H groups in total. The van der Waals surface area contributed by atoms with Crippen LogP contribution in [-0.2, 0) is 12.3 Å². The number of benzene rings is 1. The molecule has 1 rings (SSSR count). The zero-order valence-corrected chi connectivity index (χ0v) is 9.49. The minimum absolute atomic E-state index is 0.529. The smallest absolute Gasteiger partial charge is 0.0278 e. The molecule has 0 bridgehead atoms. The fraction of sp³-hybridized carbons (Fsp3) is 0.333. The lowest BCUT2D eigenvalue weighted by Crippen LogP contribution is -2.04. The Bertz CT molecular complexity index is 388. The molecule has 1 nitrogen and oxygen atoms in total. The molecule has 0 aliphatic carbocycles. The summed E-state index contributed by atoms with van der Waals surface area (Å²) in [5.74, 6) is 3.39. The van der Waals surface area contributed by atoms with Crippen molar-refractivity contribution in [2.24, 2.45) is 5.73 Å². The van der Waals surface area contributed by atoms with Gasteiger partial charge >= 0.3 is 0 Å². The highest BCUT2D eigenvalue weighted by Gasteiger charge is 2.09. The van der Waals surface area contributed by atoms with Crippen molar-refractivity contribution in [1.29, 1.82) is 0 Å². The molecule has 2 heteroatoms. The first-order chi connectivity index (χ1) is 6.65. The lowest BCUT2D eigenvalue weighted by molar-refractivity contribution is 1.03. The van der Waals surface area contributed by atoms with Gasteiger partial charge in [0.2, 0.25) is 0 Å². The van der Waals surface area contributed by atoms with Crippen molar-refractivity contribution in [3.63, 3.8) is 0 Å². The highest BCUT2D eigenvalue weighted by atomic mass is 32.1. The van der Waals surface area contributed by atoms with Gasteiger partial charge in [0.15, 0.2) is 0 Å². The van der Waals surface area contributed by atoms with Crippen LogP contribution < -0.4 is 5.73 Å². The minimum atomic E-state index is 0.529. The molecule has 0 amide bonds. The van der Waals surface area contributed by atoms with E-state index in [2.05, 4.69) is 25.5 Å². The molecule has 0 heterocycles. The van der Waals surface area contributed by atoms with Crippen molar-refractivity contribution in [2.45, 2.75) is 26.1 Å². The Morgan fingerprint density at radius 2 is 2.07 bits per heavy atom. The van der Waals surface area contributed by atoms with E-state index in [1.165, 1.54) is 11.1 Å². The van der Waals surface area contributed by atoms with E-state index < -0.39 is 0 Å². The second-order valence-corrected chi connectivity index (χ2v) is 3.63. The van der Waals surface area contributed by atoms with E-state index in [9.17, 15) is 0 Å². The Kier molecular flexibility index (Phi) is 3.62. The molecule has 0 aliphatic rings. The zero-order valence-electron chi connectivity index (χ0n) is 8.59. The fourth-order valence-corrected chi connectivity index (χ4v) is 2.10. The number of hydrogen-bond acceptors (Lipinski definition) is 2. The van der Waals surface area contributed by atoms with Crippen LogP contribution in [0.15, 0.2) is 6.07 Å². The van der Waals surface area contributed by atoms with Crippen molar-refractivity contribution in [1.82, 2.24) is 0 Å². The van der Waals surface area contributed by atoms with E-state index in [4.69, 9.17) is 12.2 Å². The average molecular weight is 205 g/mol. The third-order valence-corrected chi connectivity index (χ3v) is 2.96. The van der Waals surface area contributed by atoms with E-state index >= 15 is 0 Å². The lowest BCUT2D eigenvalue weighted by atomic mass is 9.94. The van der Waals surface area contributed by atoms with Crippen LogP contribution in [0.5, 0.6) is 0 Å². The van der Waals surface area contributed by atoms with Gasteiger partial charge < -0.3 is 5.73 Å². The van der Waals surface area contributed by atoms with Gasteiger partial charge in [0.25, 0.3) is 0 Å². The van der Waals surface area contributed by atoms with Crippen LogP contribution in [0, 0.1) is 26.2 Å². The number of rotatable bonds is 2. The molecule has 0 atom stereocenters. The first-order valence-corrected chi connectivity index (χ1v) is 5.18. The number of nitrogens with two attached hydrogens (primary N) is 1. The van der Waals surface area contributed by atoms with Crippen LogP contribution in [0.25, 0.3) is 0 Å². The predicted octanol–water partition coefficient (Wildman–Crippen LogP) is 2.17. The summed E-state index contributed by atoms with van der Waals surface area (Å²) < 4.78 is 0. The summed E-state index contributed by atoms with van der Waals surface area (Å²) in [4.78, 5) is 0. The molecule has 0 radical (unpaired) electrons. The normalized spacial score (nSPS) is 9.93. The van der Waals surface area contributed by atoms with Gasteiger partial charge in [-0.2, -0.15) is 12.6 Å². The summed E-state index contributed by atoms with van der Waals surface area (Å²) in [6, 6.07) is 2.00. The van der Waals surface area contributed by atoms with E-state index in [1.807, 2.05) is 13.0 Å². The zero-order chi connectivity index (χ0) is 10.7. The van der Waals surface area contributed by atoms with Crippen LogP contribution in [-0.4, -0.2) is 0 Å². The summed E-state index contributed by atoms with van der Waals surface area (Å²) in [6.07, 6.45) is 5.43. The first-order valence-electron chi connectivity index (χ1n) is 4.55. The largest absolute Gasteiger partial charge is 0.326 e. The topological polar surface area (TPSA) is 26.0 Å². The van der Waals surface area contributed by atoms with Crippen LogP contribution >= 0.6 is 12.6 Å². The maximum absolute atomic E-state index is 5.65. The van der Waals surface area contributed by atoms with Crippen LogP contribution in [0.2, 0.25) is 0 Å². The molecule has 0 saturated carbocycles. The summed E-state index contributed by atoms with van der Waals surface area (Å²) in [5.41, 5.74) is 11.3. The van der Waals surface area contributed by atoms with Crippen LogP contribution in [0.3, 0.4) is 0 Å². The summed E-state index contributed by atoms with van der Waals surface area (Å²) in [7, 11) is 0. The number of hydrogen-bond donors (Lipinski definition) is 2. The monoisotopic (exact) mass is 205 g/mol. The lowest BCUT2D eigenvalue weighted by Gasteiger charge is -2.13. The Labute approximate surface area is 91.1 Å². The van der Waals surface area contributed by atoms with Gasteiger partial charge in [0.1, 0.15) is 0 Å². The Morgan fingerprint density at radius 1 is 1.43 bits per heavy atom. The molecule has 0 aromatic heterocycles. The third kappa shape index (κ3) is 1.79. The van der Waals surface area contributed by atoms with E-state index in [0.717, 1.165) is 16.7 Å². The van der Waals surface area contributed by atoms with Gasteiger partial charge in [0.05, 0.1) is 0 Å². The van der Waals surface area contributed by atoms with Crippen LogP contribution in [0.1, 0.15) is 27.8 Å². The molecular formula is C12H15NS. The molecule has 0 aliphatic heterocycles. The minimum Gasteiger partial charge on any atom is -0.326 e. The quantitative estimate of drug-likeness (QED) is 0.561. The Morgan fingerprint density at radius 3 is 2.50 bits per heavy atom. The second kappa shape index (κ2) is 4.54. The van der Waals surface area contributed by atoms with Crippen LogP contribution in [0.4, 0.5) is 0 Å². The van der Waals surface area contributed by atoms with Gasteiger partial charge in [-0.05, 0) is 42.2 Å². The first kappa shape index (κ1) is 11.2. The van der Waals surface area contributed by atoms with E-state index in [-0.39, 0.29) is 0 Å². The van der Waals surface area contributed by atoms with Gasteiger partial charge in [0, 0.05) is 17.9 Å². The molecular weight excluding hydrogens is 190 g/mol. The molecule has 1 aromatic rings. The van der Waals surface area contributed by atoms with Gasteiger partial charge in [-0.1, -0.05) is 5.92 Å². The maximum atomic E-state index is 5.65. The highest BCUT2D eigenvalue weighted by Crippen LogP contribution is 2.23. The van der Waals surface area contributed by atoms with Gasteiger partial charge in [-0.15, -0.1) is 6.42 Å². The predicted molar refractivity (Wildman–Crippen MR) is 64.4 cm³/mol. The summed E-state index contributed by atoms with van der Waals surface area (Å²) in [5, 5.41) is 0. The molecule has 74 valence electrons.